The molecule has 90 valence electrons. The van der Waals surface area contributed by atoms with Crippen LogP contribution in [-0.2, 0) is 17.6 Å². The van der Waals surface area contributed by atoms with Crippen LogP contribution < -0.4 is 0 Å². The molecular formula is C13H20OS2. The Hall–Kier alpha value is -0.280. The van der Waals surface area contributed by atoms with Crippen molar-refractivity contribution in [3.05, 3.63) is 21.9 Å². The Kier molecular flexibility index (Phi) is 6.14. The van der Waals surface area contributed by atoms with E-state index in [4.69, 9.17) is 0 Å². The first-order valence-corrected chi connectivity index (χ1v) is 7.73. The van der Waals surface area contributed by atoms with Crippen molar-refractivity contribution in [3.8, 4) is 0 Å². The summed E-state index contributed by atoms with van der Waals surface area (Å²) in [5, 5.41) is 0.596. The Morgan fingerprint density at radius 3 is 2.62 bits per heavy atom. The summed E-state index contributed by atoms with van der Waals surface area (Å²) in [5.74, 6) is 1.02. The molecule has 1 atom stereocenters. The van der Waals surface area contributed by atoms with Crippen molar-refractivity contribution in [1.82, 2.24) is 0 Å². The number of hydrogen-bond acceptors (Lipinski definition) is 3. The van der Waals surface area contributed by atoms with Gasteiger partial charge in [0, 0.05) is 21.4 Å². The largest absolute Gasteiger partial charge is 0.298 e. The second-order valence-electron chi connectivity index (χ2n) is 3.97. The van der Waals surface area contributed by atoms with Crippen LogP contribution in [0.5, 0.6) is 0 Å². The van der Waals surface area contributed by atoms with Gasteiger partial charge in [-0.1, -0.05) is 20.8 Å². The van der Waals surface area contributed by atoms with Crippen LogP contribution in [0.3, 0.4) is 0 Å². The minimum absolute atomic E-state index is 0.356. The second-order valence-corrected chi connectivity index (χ2v) is 6.65. The van der Waals surface area contributed by atoms with Gasteiger partial charge in [-0.2, -0.15) is 11.8 Å². The van der Waals surface area contributed by atoms with Crippen LogP contribution in [0, 0.1) is 0 Å². The van der Waals surface area contributed by atoms with E-state index in [1.54, 1.807) is 23.1 Å². The number of aryl methyl sites for hydroxylation is 1. The van der Waals surface area contributed by atoms with Gasteiger partial charge in [0.1, 0.15) is 5.78 Å². The normalized spacial score (nSPS) is 12.7. The first kappa shape index (κ1) is 13.8. The van der Waals surface area contributed by atoms with Gasteiger partial charge >= 0.3 is 0 Å². The first-order chi connectivity index (χ1) is 7.65. The number of Topliss-reactive ketones (excluding diaryl/α,β-unsaturated/α-hetero) is 1. The lowest BCUT2D eigenvalue weighted by atomic mass is 10.2. The molecule has 1 unspecified atom stereocenters. The third kappa shape index (κ3) is 4.71. The third-order valence-electron chi connectivity index (χ3n) is 2.54. The Morgan fingerprint density at radius 1 is 1.38 bits per heavy atom. The Morgan fingerprint density at radius 2 is 2.06 bits per heavy atom. The molecule has 0 saturated heterocycles. The molecule has 16 heavy (non-hydrogen) atoms. The van der Waals surface area contributed by atoms with Crippen LogP contribution in [0.2, 0.25) is 0 Å². The Labute approximate surface area is 107 Å². The Bertz CT molecular complexity index is 330. The third-order valence-corrected chi connectivity index (χ3v) is 5.16. The second kappa shape index (κ2) is 7.13. The van der Waals surface area contributed by atoms with Gasteiger partial charge < -0.3 is 0 Å². The minimum Gasteiger partial charge on any atom is -0.298 e. The average molecular weight is 256 g/mol. The summed E-state index contributed by atoms with van der Waals surface area (Å²) in [6.45, 7) is 6.49. The maximum Gasteiger partial charge on any atom is 0.147 e. The molecule has 0 fully saturated rings. The smallest absolute Gasteiger partial charge is 0.147 e. The molecular weight excluding hydrogens is 236 g/mol. The van der Waals surface area contributed by atoms with Gasteiger partial charge in [-0.05, 0) is 25.0 Å². The summed E-state index contributed by atoms with van der Waals surface area (Å²) in [4.78, 5) is 14.3. The molecule has 0 aromatic carbocycles. The molecule has 0 aliphatic carbocycles. The molecule has 1 rings (SSSR count). The van der Waals surface area contributed by atoms with Gasteiger partial charge in [0.05, 0.1) is 5.75 Å². The van der Waals surface area contributed by atoms with Gasteiger partial charge in [0.15, 0.2) is 0 Å². The molecule has 0 N–H and O–H groups in total. The minimum atomic E-state index is 0.356. The average Bonchev–Trinajstić information content (AvgIpc) is 2.73. The fourth-order valence-electron chi connectivity index (χ4n) is 1.31. The van der Waals surface area contributed by atoms with Crippen molar-refractivity contribution >= 4 is 28.9 Å². The zero-order valence-corrected chi connectivity index (χ0v) is 11.9. The van der Waals surface area contributed by atoms with Crippen molar-refractivity contribution in [2.24, 2.45) is 0 Å². The van der Waals surface area contributed by atoms with Crippen LogP contribution in [0.15, 0.2) is 12.1 Å². The predicted molar refractivity (Wildman–Crippen MR) is 74.6 cm³/mol. The van der Waals surface area contributed by atoms with Crippen molar-refractivity contribution in [2.75, 3.05) is 5.75 Å². The highest BCUT2D eigenvalue weighted by Gasteiger charge is 2.08. The molecule has 0 radical (unpaired) electrons. The van der Waals surface area contributed by atoms with E-state index < -0.39 is 0 Å². The molecule has 1 aromatic rings. The van der Waals surface area contributed by atoms with Crippen LogP contribution >= 0.6 is 23.1 Å². The molecule has 0 bridgehead atoms. The van der Waals surface area contributed by atoms with Gasteiger partial charge in [-0.15, -0.1) is 11.3 Å². The van der Waals surface area contributed by atoms with Crippen LogP contribution in [0.4, 0.5) is 0 Å². The first-order valence-electron chi connectivity index (χ1n) is 5.86. The van der Waals surface area contributed by atoms with Crippen LogP contribution in [0.1, 0.15) is 36.9 Å². The van der Waals surface area contributed by atoms with Crippen LogP contribution in [-0.4, -0.2) is 16.8 Å². The summed E-state index contributed by atoms with van der Waals surface area (Å²) in [6.07, 6.45) is 2.82. The SMILES string of the molecule is CCc1ccc(CC(=O)CSC(C)CC)s1. The molecule has 0 spiro atoms. The van der Waals surface area contributed by atoms with Gasteiger partial charge in [0.25, 0.3) is 0 Å². The summed E-state index contributed by atoms with van der Waals surface area (Å²) in [6, 6.07) is 4.23. The number of hydrogen-bond donors (Lipinski definition) is 0. The van der Waals surface area contributed by atoms with E-state index in [-0.39, 0.29) is 0 Å². The maximum atomic E-state index is 11.7. The summed E-state index contributed by atoms with van der Waals surface area (Å²) in [7, 11) is 0. The lowest BCUT2D eigenvalue weighted by Crippen LogP contribution is -2.07. The van der Waals surface area contributed by atoms with Gasteiger partial charge in [0.2, 0.25) is 0 Å². The van der Waals surface area contributed by atoms with Crippen molar-refractivity contribution in [3.63, 3.8) is 0 Å². The van der Waals surface area contributed by atoms with Crippen LogP contribution in [0.25, 0.3) is 0 Å². The summed E-state index contributed by atoms with van der Waals surface area (Å²) >= 11 is 3.54. The lowest BCUT2D eigenvalue weighted by molar-refractivity contribution is -0.115. The lowest BCUT2D eigenvalue weighted by Gasteiger charge is -2.06. The monoisotopic (exact) mass is 256 g/mol. The zero-order valence-electron chi connectivity index (χ0n) is 10.3. The zero-order chi connectivity index (χ0) is 12.0. The molecule has 1 heterocycles. The van der Waals surface area contributed by atoms with E-state index >= 15 is 0 Å². The Balaban J connectivity index is 2.33. The molecule has 1 aromatic heterocycles. The number of thioether (sulfide) groups is 1. The highest BCUT2D eigenvalue weighted by molar-refractivity contribution is 8.00. The molecule has 0 saturated carbocycles. The van der Waals surface area contributed by atoms with Gasteiger partial charge in [-0.3, -0.25) is 4.79 Å². The quantitative estimate of drug-likeness (QED) is 0.734. The highest BCUT2D eigenvalue weighted by atomic mass is 32.2. The molecule has 1 nitrogen and oxygen atoms in total. The molecule has 0 aliphatic heterocycles. The van der Waals surface area contributed by atoms with E-state index in [0.717, 1.165) is 12.8 Å². The molecule has 3 heteroatoms. The number of rotatable bonds is 7. The van der Waals surface area contributed by atoms with E-state index in [9.17, 15) is 4.79 Å². The topological polar surface area (TPSA) is 17.1 Å². The van der Waals surface area contributed by atoms with E-state index in [2.05, 4.69) is 32.9 Å². The molecule has 0 aliphatic rings. The number of carbonyl (C=O) groups excluding carboxylic acids is 1. The number of ketones is 1. The van der Waals surface area contributed by atoms with E-state index in [0.29, 0.717) is 23.2 Å². The number of thiophene rings is 1. The van der Waals surface area contributed by atoms with E-state index in [1.807, 2.05) is 0 Å². The van der Waals surface area contributed by atoms with Crippen molar-refractivity contribution in [1.29, 1.82) is 0 Å². The summed E-state index contributed by atoms with van der Waals surface area (Å²) < 4.78 is 0. The maximum absolute atomic E-state index is 11.7. The number of carbonyl (C=O) groups is 1. The fraction of sp³-hybridized carbons (Fsp3) is 0.615. The standard InChI is InChI=1S/C13H20OS2/c1-4-10(3)15-9-11(14)8-13-7-6-12(5-2)16-13/h6-7,10H,4-5,8-9H2,1-3H3. The van der Waals surface area contributed by atoms with E-state index in [1.165, 1.54) is 9.75 Å². The molecule has 0 amide bonds. The van der Waals surface area contributed by atoms with Crippen molar-refractivity contribution in [2.45, 2.75) is 45.3 Å². The highest BCUT2D eigenvalue weighted by Crippen LogP contribution is 2.19. The van der Waals surface area contributed by atoms with Crippen molar-refractivity contribution < 1.29 is 4.79 Å². The fourth-order valence-corrected chi connectivity index (χ4v) is 3.10. The predicted octanol–water partition coefficient (Wildman–Crippen LogP) is 3.95. The van der Waals surface area contributed by atoms with Gasteiger partial charge in [-0.25, -0.2) is 0 Å². The summed E-state index contributed by atoms with van der Waals surface area (Å²) in [5.41, 5.74) is 0.